The van der Waals surface area contributed by atoms with E-state index in [0.717, 1.165) is 22.9 Å². The van der Waals surface area contributed by atoms with Crippen molar-refractivity contribution in [1.82, 2.24) is 5.32 Å². The third-order valence-electron chi connectivity index (χ3n) is 3.54. The summed E-state index contributed by atoms with van der Waals surface area (Å²) in [6.07, 6.45) is 0. The molecular formula is C19H21NO4S. The highest BCUT2D eigenvalue weighted by molar-refractivity contribution is 8.00. The van der Waals surface area contributed by atoms with Crippen LogP contribution in [0.3, 0.4) is 0 Å². The van der Waals surface area contributed by atoms with Gasteiger partial charge in [-0.3, -0.25) is 9.59 Å². The number of ether oxygens (including phenoxy) is 1. The first-order chi connectivity index (χ1) is 12.0. The van der Waals surface area contributed by atoms with E-state index in [-0.39, 0.29) is 5.91 Å². The number of methoxy groups -OCH3 is 1. The number of carboxylic acid groups (broad SMARTS) is 1. The van der Waals surface area contributed by atoms with Gasteiger partial charge in [0.15, 0.2) is 0 Å². The van der Waals surface area contributed by atoms with E-state index in [9.17, 15) is 9.59 Å². The normalized spacial score (nSPS) is 11.8. The van der Waals surface area contributed by atoms with Crippen LogP contribution in [0, 0.1) is 0 Å². The molecule has 0 fully saturated rings. The molecule has 0 aliphatic carbocycles. The summed E-state index contributed by atoms with van der Waals surface area (Å²) in [4.78, 5) is 24.2. The maximum atomic E-state index is 12.5. The van der Waals surface area contributed by atoms with Crippen LogP contribution in [0.25, 0.3) is 0 Å². The average Bonchev–Trinajstić information content (AvgIpc) is 2.60. The second-order valence-corrected chi connectivity index (χ2v) is 6.91. The molecule has 0 heterocycles. The highest BCUT2D eigenvalue weighted by atomic mass is 32.2. The Kier molecular flexibility index (Phi) is 7.03. The minimum atomic E-state index is -0.907. The minimum absolute atomic E-state index is 0.224. The number of thioether (sulfide) groups is 1. The van der Waals surface area contributed by atoms with Crippen LogP contribution in [-0.4, -0.2) is 29.3 Å². The summed E-state index contributed by atoms with van der Waals surface area (Å²) in [5.74, 6) is -1.13. The number of amides is 1. The fraction of sp³-hybridized carbons (Fsp3) is 0.263. The van der Waals surface area contributed by atoms with Gasteiger partial charge in [-0.2, -0.15) is 0 Å². The molecular weight excluding hydrogens is 338 g/mol. The number of nitrogens with one attached hydrogen (secondary N) is 1. The van der Waals surface area contributed by atoms with Gasteiger partial charge in [-0.15, -0.1) is 11.8 Å². The van der Waals surface area contributed by atoms with E-state index < -0.39 is 11.2 Å². The lowest BCUT2D eigenvalue weighted by Crippen LogP contribution is -2.24. The molecule has 2 aromatic carbocycles. The summed E-state index contributed by atoms with van der Waals surface area (Å²) >= 11 is 1.16. The van der Waals surface area contributed by atoms with Gasteiger partial charge in [-0.05, 0) is 30.2 Å². The zero-order valence-electron chi connectivity index (χ0n) is 14.2. The molecule has 0 aromatic heterocycles. The Balaban J connectivity index is 2.06. The molecule has 25 heavy (non-hydrogen) atoms. The molecule has 5 nitrogen and oxygen atoms in total. The zero-order chi connectivity index (χ0) is 18.2. The van der Waals surface area contributed by atoms with E-state index in [1.807, 2.05) is 24.3 Å². The van der Waals surface area contributed by atoms with Gasteiger partial charge in [-0.1, -0.05) is 36.4 Å². The van der Waals surface area contributed by atoms with Crippen LogP contribution in [0.2, 0.25) is 0 Å². The molecule has 0 saturated carbocycles. The topological polar surface area (TPSA) is 75.6 Å². The predicted molar refractivity (Wildman–Crippen MR) is 97.7 cm³/mol. The van der Waals surface area contributed by atoms with Crippen LogP contribution in [0.4, 0.5) is 0 Å². The van der Waals surface area contributed by atoms with Crippen molar-refractivity contribution in [2.75, 3.05) is 7.11 Å². The molecule has 132 valence electrons. The largest absolute Gasteiger partial charge is 0.480 e. The van der Waals surface area contributed by atoms with Gasteiger partial charge in [0.25, 0.3) is 5.91 Å². The third-order valence-corrected chi connectivity index (χ3v) is 4.70. The lowest BCUT2D eigenvalue weighted by molar-refractivity contribution is -0.136. The van der Waals surface area contributed by atoms with E-state index in [0.29, 0.717) is 23.6 Å². The van der Waals surface area contributed by atoms with Gasteiger partial charge >= 0.3 is 5.97 Å². The minimum Gasteiger partial charge on any atom is -0.480 e. The molecule has 2 N–H and O–H groups in total. The van der Waals surface area contributed by atoms with Crippen molar-refractivity contribution in [2.24, 2.45) is 0 Å². The zero-order valence-corrected chi connectivity index (χ0v) is 15.0. The van der Waals surface area contributed by atoms with E-state index in [4.69, 9.17) is 9.84 Å². The molecule has 6 heteroatoms. The van der Waals surface area contributed by atoms with Crippen LogP contribution in [0.1, 0.15) is 28.4 Å². The molecule has 1 atom stereocenters. The number of aliphatic carboxylic acids is 1. The van der Waals surface area contributed by atoms with Gasteiger partial charge in [-0.25, -0.2) is 0 Å². The standard InChI is InChI=1S/C19H21NO4S/c1-13(19(22)23)25-17-9-4-3-8-16(17)18(21)20-11-14-6-5-7-15(10-14)12-24-2/h3-10,13H,11-12H2,1-2H3,(H,20,21)(H,22,23). The van der Waals surface area contributed by atoms with Gasteiger partial charge in [0.2, 0.25) is 0 Å². The maximum absolute atomic E-state index is 12.5. The predicted octanol–water partition coefficient (Wildman–Crippen LogP) is 3.33. The van der Waals surface area contributed by atoms with Gasteiger partial charge in [0.05, 0.1) is 12.2 Å². The van der Waals surface area contributed by atoms with E-state index >= 15 is 0 Å². The number of hydrogen-bond donors (Lipinski definition) is 2. The van der Waals surface area contributed by atoms with Crippen LogP contribution in [-0.2, 0) is 22.7 Å². The Bertz CT molecular complexity index is 748. The Hall–Kier alpha value is -2.31. The van der Waals surface area contributed by atoms with Gasteiger partial charge in [0, 0.05) is 18.6 Å². The van der Waals surface area contributed by atoms with Gasteiger partial charge in [0.1, 0.15) is 5.25 Å². The third kappa shape index (κ3) is 5.62. The lowest BCUT2D eigenvalue weighted by Gasteiger charge is -2.12. The fourth-order valence-corrected chi connectivity index (χ4v) is 3.20. The first-order valence-electron chi connectivity index (χ1n) is 7.84. The number of carbonyl (C=O) groups excluding carboxylic acids is 1. The number of benzene rings is 2. The second kappa shape index (κ2) is 9.25. The molecule has 1 unspecified atom stereocenters. The Morgan fingerprint density at radius 3 is 2.60 bits per heavy atom. The molecule has 0 spiro atoms. The van der Waals surface area contributed by atoms with Crippen molar-refractivity contribution < 1.29 is 19.4 Å². The van der Waals surface area contributed by atoms with E-state index in [1.165, 1.54) is 0 Å². The molecule has 0 aliphatic heterocycles. The Morgan fingerprint density at radius 1 is 1.16 bits per heavy atom. The highest BCUT2D eigenvalue weighted by Gasteiger charge is 2.17. The molecule has 2 rings (SSSR count). The number of rotatable bonds is 8. The van der Waals surface area contributed by atoms with Crippen LogP contribution >= 0.6 is 11.8 Å². The van der Waals surface area contributed by atoms with Crippen molar-refractivity contribution in [3.8, 4) is 0 Å². The van der Waals surface area contributed by atoms with E-state index in [1.54, 1.807) is 38.3 Å². The fourth-order valence-electron chi connectivity index (χ4n) is 2.27. The highest BCUT2D eigenvalue weighted by Crippen LogP contribution is 2.27. The summed E-state index contributed by atoms with van der Waals surface area (Å²) in [5.41, 5.74) is 2.50. The first-order valence-corrected chi connectivity index (χ1v) is 8.72. The number of carbonyl (C=O) groups is 2. The molecule has 1 amide bonds. The Labute approximate surface area is 151 Å². The van der Waals surface area contributed by atoms with Crippen LogP contribution < -0.4 is 5.32 Å². The number of carboxylic acids is 1. The molecule has 0 aliphatic rings. The van der Waals surface area contributed by atoms with Crippen molar-refractivity contribution in [3.63, 3.8) is 0 Å². The van der Waals surface area contributed by atoms with E-state index in [2.05, 4.69) is 5.32 Å². The number of hydrogen-bond acceptors (Lipinski definition) is 4. The van der Waals surface area contributed by atoms with Crippen molar-refractivity contribution in [2.45, 2.75) is 30.2 Å². The second-order valence-electron chi connectivity index (χ2n) is 5.53. The Morgan fingerprint density at radius 2 is 1.88 bits per heavy atom. The summed E-state index contributed by atoms with van der Waals surface area (Å²) < 4.78 is 5.11. The summed E-state index contributed by atoms with van der Waals surface area (Å²) in [6.45, 7) is 2.52. The smallest absolute Gasteiger partial charge is 0.316 e. The van der Waals surface area contributed by atoms with Gasteiger partial charge < -0.3 is 15.2 Å². The average molecular weight is 359 g/mol. The van der Waals surface area contributed by atoms with Crippen LogP contribution in [0.5, 0.6) is 0 Å². The van der Waals surface area contributed by atoms with Crippen molar-refractivity contribution in [3.05, 3.63) is 65.2 Å². The molecule has 0 bridgehead atoms. The lowest BCUT2D eigenvalue weighted by atomic mass is 10.1. The molecule has 2 aromatic rings. The monoisotopic (exact) mass is 359 g/mol. The van der Waals surface area contributed by atoms with Crippen LogP contribution in [0.15, 0.2) is 53.4 Å². The molecule has 0 radical (unpaired) electrons. The summed E-state index contributed by atoms with van der Waals surface area (Å²) in [5, 5.41) is 11.3. The molecule has 0 saturated heterocycles. The SMILES string of the molecule is COCc1cccc(CNC(=O)c2ccccc2SC(C)C(=O)O)c1. The van der Waals surface area contributed by atoms with Crippen molar-refractivity contribution in [1.29, 1.82) is 0 Å². The quantitative estimate of drug-likeness (QED) is 0.707. The summed E-state index contributed by atoms with van der Waals surface area (Å²) in [7, 11) is 1.64. The first kappa shape index (κ1) is 19.0. The summed E-state index contributed by atoms with van der Waals surface area (Å²) in [6, 6.07) is 14.8. The van der Waals surface area contributed by atoms with Crippen molar-refractivity contribution >= 4 is 23.6 Å². The maximum Gasteiger partial charge on any atom is 0.316 e.